The predicted octanol–water partition coefficient (Wildman–Crippen LogP) is 5.39. The third-order valence-corrected chi connectivity index (χ3v) is 5.09. The summed E-state index contributed by atoms with van der Waals surface area (Å²) in [6.07, 6.45) is 2.82. The normalized spacial score (nSPS) is 15.8. The first-order valence-corrected chi connectivity index (χ1v) is 9.02. The number of halogens is 3. The molecule has 1 aromatic carbocycles. The Hall–Kier alpha value is -1.39. The van der Waals surface area contributed by atoms with Crippen LogP contribution in [0.1, 0.15) is 32.5 Å². The maximum atomic E-state index is 14.5. The molecule has 3 rings (SSSR count). The lowest BCUT2D eigenvalue weighted by molar-refractivity contribution is 0.436. The lowest BCUT2D eigenvalue weighted by atomic mass is 9.98. The van der Waals surface area contributed by atoms with Crippen LogP contribution >= 0.6 is 23.2 Å². The van der Waals surface area contributed by atoms with Gasteiger partial charge < -0.3 is 4.90 Å². The van der Waals surface area contributed by atoms with Crippen LogP contribution in [0.4, 0.5) is 10.2 Å². The van der Waals surface area contributed by atoms with Crippen molar-refractivity contribution in [3.8, 4) is 11.1 Å². The van der Waals surface area contributed by atoms with Crippen LogP contribution in [0.2, 0.25) is 10.2 Å². The number of benzene rings is 1. The topological polar surface area (TPSA) is 29.0 Å². The van der Waals surface area contributed by atoms with E-state index in [4.69, 9.17) is 23.2 Å². The van der Waals surface area contributed by atoms with Gasteiger partial charge in [0.2, 0.25) is 0 Å². The van der Waals surface area contributed by atoms with Crippen molar-refractivity contribution in [2.24, 2.45) is 5.92 Å². The van der Waals surface area contributed by atoms with Crippen molar-refractivity contribution in [1.82, 2.24) is 9.97 Å². The zero-order valence-corrected chi connectivity index (χ0v) is 15.3. The molecule has 3 nitrogen and oxygen atoms in total. The summed E-state index contributed by atoms with van der Waals surface area (Å²) in [4.78, 5) is 11.2. The molecule has 0 spiro atoms. The van der Waals surface area contributed by atoms with Gasteiger partial charge in [-0.25, -0.2) is 14.4 Å². The van der Waals surface area contributed by atoms with Gasteiger partial charge in [0.15, 0.2) is 0 Å². The van der Waals surface area contributed by atoms with Crippen molar-refractivity contribution in [1.29, 1.82) is 0 Å². The van der Waals surface area contributed by atoms with Gasteiger partial charge in [-0.3, -0.25) is 0 Å². The summed E-state index contributed by atoms with van der Waals surface area (Å²) >= 11 is 12.7. The molecule has 0 bridgehead atoms. The summed E-state index contributed by atoms with van der Waals surface area (Å²) in [6.45, 7) is 5.97. The molecule has 0 N–H and O–H groups in total. The van der Waals surface area contributed by atoms with Crippen molar-refractivity contribution in [2.75, 3.05) is 18.0 Å². The van der Waals surface area contributed by atoms with Crippen LogP contribution in [0.3, 0.4) is 0 Å². The zero-order valence-electron chi connectivity index (χ0n) is 13.8. The number of piperidine rings is 1. The van der Waals surface area contributed by atoms with Crippen LogP contribution in [-0.4, -0.2) is 23.1 Å². The SMILES string of the molecule is CCc1nc(Cl)c(-c2c(F)cccc2Cl)c(N2CCC(C)CC2)n1. The molecule has 128 valence electrons. The summed E-state index contributed by atoms with van der Waals surface area (Å²) in [7, 11) is 0. The minimum absolute atomic E-state index is 0.252. The first-order chi connectivity index (χ1) is 11.5. The molecular weight excluding hydrogens is 348 g/mol. The van der Waals surface area contributed by atoms with Gasteiger partial charge in [0.05, 0.1) is 10.6 Å². The Bertz CT molecular complexity index is 723. The highest BCUT2D eigenvalue weighted by Gasteiger charge is 2.26. The van der Waals surface area contributed by atoms with Gasteiger partial charge in [-0.2, -0.15) is 0 Å². The Balaban J connectivity index is 2.18. The van der Waals surface area contributed by atoms with Crippen LogP contribution < -0.4 is 4.90 Å². The largest absolute Gasteiger partial charge is 0.356 e. The monoisotopic (exact) mass is 367 g/mol. The van der Waals surface area contributed by atoms with Crippen molar-refractivity contribution in [3.05, 3.63) is 40.0 Å². The van der Waals surface area contributed by atoms with E-state index in [1.165, 1.54) is 6.07 Å². The van der Waals surface area contributed by atoms with E-state index in [2.05, 4.69) is 21.8 Å². The van der Waals surface area contributed by atoms with Gasteiger partial charge in [0.1, 0.15) is 22.6 Å². The predicted molar refractivity (Wildman–Crippen MR) is 97.4 cm³/mol. The van der Waals surface area contributed by atoms with Gasteiger partial charge in [-0.15, -0.1) is 0 Å². The molecular formula is C18H20Cl2FN3. The Labute approximate surface area is 151 Å². The number of anilines is 1. The van der Waals surface area contributed by atoms with Crippen molar-refractivity contribution >= 4 is 29.0 Å². The fourth-order valence-electron chi connectivity index (χ4n) is 3.02. The van der Waals surface area contributed by atoms with Crippen LogP contribution in [-0.2, 0) is 6.42 Å². The van der Waals surface area contributed by atoms with E-state index in [0.29, 0.717) is 34.6 Å². The highest BCUT2D eigenvalue weighted by Crippen LogP contribution is 2.41. The minimum Gasteiger partial charge on any atom is -0.356 e. The van der Waals surface area contributed by atoms with E-state index in [1.807, 2.05) is 6.92 Å². The van der Waals surface area contributed by atoms with Crippen LogP contribution in [0.5, 0.6) is 0 Å². The molecule has 1 aliphatic rings. The summed E-state index contributed by atoms with van der Waals surface area (Å²) in [5.41, 5.74) is 0.770. The average Bonchev–Trinajstić information content (AvgIpc) is 2.56. The second kappa shape index (κ2) is 7.24. The average molecular weight is 368 g/mol. The smallest absolute Gasteiger partial charge is 0.142 e. The number of nitrogens with zero attached hydrogens (tertiary/aromatic N) is 3. The molecule has 0 radical (unpaired) electrons. The molecule has 0 atom stereocenters. The highest BCUT2D eigenvalue weighted by atomic mass is 35.5. The molecule has 1 aromatic heterocycles. The number of aromatic nitrogens is 2. The molecule has 24 heavy (non-hydrogen) atoms. The minimum atomic E-state index is -0.413. The number of aryl methyl sites for hydroxylation is 1. The van der Waals surface area contributed by atoms with E-state index >= 15 is 0 Å². The van der Waals surface area contributed by atoms with Crippen LogP contribution in [0.15, 0.2) is 18.2 Å². The third-order valence-electron chi connectivity index (χ3n) is 4.50. The molecule has 1 aliphatic heterocycles. The number of hydrogen-bond donors (Lipinski definition) is 0. The highest BCUT2D eigenvalue weighted by molar-refractivity contribution is 6.36. The molecule has 6 heteroatoms. The van der Waals surface area contributed by atoms with Gasteiger partial charge >= 0.3 is 0 Å². The Morgan fingerprint density at radius 1 is 1.17 bits per heavy atom. The number of hydrogen-bond acceptors (Lipinski definition) is 3. The second-order valence-corrected chi connectivity index (χ2v) is 7.01. The molecule has 1 saturated heterocycles. The van der Waals surface area contributed by atoms with Gasteiger partial charge in [0.25, 0.3) is 0 Å². The summed E-state index contributed by atoms with van der Waals surface area (Å²) in [6, 6.07) is 4.62. The molecule has 0 aliphatic carbocycles. The first kappa shape index (κ1) is 17.4. The Kier molecular flexibility index (Phi) is 5.26. The maximum Gasteiger partial charge on any atom is 0.142 e. The first-order valence-electron chi connectivity index (χ1n) is 8.27. The van der Waals surface area contributed by atoms with Crippen LogP contribution in [0, 0.1) is 11.7 Å². The Morgan fingerprint density at radius 2 is 1.88 bits per heavy atom. The molecule has 0 amide bonds. The van der Waals surface area contributed by atoms with Crippen molar-refractivity contribution in [3.63, 3.8) is 0 Å². The van der Waals surface area contributed by atoms with E-state index in [9.17, 15) is 4.39 Å². The van der Waals surface area contributed by atoms with E-state index < -0.39 is 5.82 Å². The molecule has 2 aromatic rings. The lowest BCUT2D eigenvalue weighted by Gasteiger charge is -2.33. The Morgan fingerprint density at radius 3 is 2.50 bits per heavy atom. The molecule has 1 fully saturated rings. The fraction of sp³-hybridized carbons (Fsp3) is 0.444. The molecule has 0 unspecified atom stereocenters. The van der Waals surface area contributed by atoms with Crippen molar-refractivity contribution in [2.45, 2.75) is 33.1 Å². The van der Waals surface area contributed by atoms with E-state index in [-0.39, 0.29) is 10.7 Å². The lowest BCUT2D eigenvalue weighted by Crippen LogP contribution is -2.34. The third kappa shape index (κ3) is 3.35. The van der Waals surface area contributed by atoms with Crippen molar-refractivity contribution < 1.29 is 4.39 Å². The molecule has 2 heterocycles. The van der Waals surface area contributed by atoms with E-state index in [0.717, 1.165) is 25.9 Å². The second-order valence-electron chi connectivity index (χ2n) is 6.25. The maximum absolute atomic E-state index is 14.5. The van der Waals surface area contributed by atoms with Gasteiger partial charge in [-0.1, -0.05) is 43.1 Å². The quantitative estimate of drug-likeness (QED) is 0.681. The van der Waals surface area contributed by atoms with Crippen LogP contribution in [0.25, 0.3) is 11.1 Å². The zero-order chi connectivity index (χ0) is 17.3. The molecule has 0 saturated carbocycles. The standard InChI is InChI=1S/C18H20Cl2FN3/c1-3-14-22-17(20)16(15-12(19)5-4-6-13(15)21)18(23-14)24-9-7-11(2)8-10-24/h4-6,11H,3,7-10H2,1-2H3. The van der Waals surface area contributed by atoms with Gasteiger partial charge in [0, 0.05) is 25.1 Å². The number of rotatable bonds is 3. The summed E-state index contributed by atoms with van der Waals surface area (Å²) < 4.78 is 14.5. The van der Waals surface area contributed by atoms with Gasteiger partial charge in [-0.05, 0) is 30.9 Å². The summed E-state index contributed by atoms with van der Waals surface area (Å²) in [5, 5.41) is 0.568. The fourth-order valence-corrected chi connectivity index (χ4v) is 3.56. The summed E-state index contributed by atoms with van der Waals surface area (Å²) in [5.74, 6) is 1.61. The van der Waals surface area contributed by atoms with E-state index in [1.54, 1.807) is 12.1 Å².